The SMILES string of the molecule is CCCN(CC1CC1)c1nc(C)nc2c1c1c(n2-c2c(C)cc(C)cc2C)CCCC1. The molecule has 5 rings (SSSR count). The number of hydrogen-bond donors (Lipinski definition) is 0. The minimum Gasteiger partial charge on any atom is -0.356 e. The second kappa shape index (κ2) is 7.96. The van der Waals surface area contributed by atoms with E-state index in [-0.39, 0.29) is 0 Å². The lowest BCUT2D eigenvalue weighted by molar-refractivity contribution is 0.665. The number of hydrogen-bond acceptors (Lipinski definition) is 3. The third-order valence-electron chi connectivity index (χ3n) is 7.03. The lowest BCUT2D eigenvalue weighted by Crippen LogP contribution is -2.28. The van der Waals surface area contributed by atoms with Gasteiger partial charge in [-0.25, -0.2) is 9.97 Å². The van der Waals surface area contributed by atoms with Crippen LogP contribution < -0.4 is 4.90 Å². The number of anilines is 1. The van der Waals surface area contributed by atoms with Crippen molar-refractivity contribution in [3.63, 3.8) is 0 Å². The van der Waals surface area contributed by atoms with Crippen LogP contribution in [0.4, 0.5) is 5.82 Å². The average molecular weight is 417 g/mol. The zero-order chi connectivity index (χ0) is 21.7. The summed E-state index contributed by atoms with van der Waals surface area (Å²) in [5, 5.41) is 1.33. The van der Waals surface area contributed by atoms with Gasteiger partial charge in [0.05, 0.1) is 11.1 Å². The lowest BCUT2D eigenvalue weighted by atomic mass is 9.95. The fourth-order valence-electron chi connectivity index (χ4n) is 5.67. The van der Waals surface area contributed by atoms with Crippen LogP contribution in [0.25, 0.3) is 16.7 Å². The minimum absolute atomic E-state index is 0.844. The van der Waals surface area contributed by atoms with Crippen LogP contribution in [0, 0.1) is 33.6 Å². The highest BCUT2D eigenvalue weighted by atomic mass is 15.2. The molecule has 0 amide bonds. The van der Waals surface area contributed by atoms with Crippen LogP contribution in [0.1, 0.15) is 72.8 Å². The lowest BCUT2D eigenvalue weighted by Gasteiger charge is -2.25. The molecule has 2 aromatic heterocycles. The van der Waals surface area contributed by atoms with Crippen molar-refractivity contribution in [1.29, 1.82) is 0 Å². The highest BCUT2D eigenvalue weighted by molar-refractivity contribution is 5.94. The molecule has 2 aliphatic carbocycles. The van der Waals surface area contributed by atoms with Crippen molar-refractivity contribution in [3.05, 3.63) is 45.9 Å². The van der Waals surface area contributed by atoms with E-state index < -0.39 is 0 Å². The predicted molar refractivity (Wildman–Crippen MR) is 130 cm³/mol. The first-order valence-electron chi connectivity index (χ1n) is 12.2. The van der Waals surface area contributed by atoms with Gasteiger partial charge >= 0.3 is 0 Å². The molecule has 1 saturated carbocycles. The van der Waals surface area contributed by atoms with Crippen molar-refractivity contribution in [3.8, 4) is 5.69 Å². The first-order valence-corrected chi connectivity index (χ1v) is 12.2. The molecule has 2 aliphatic rings. The van der Waals surface area contributed by atoms with Crippen LogP contribution in [0.2, 0.25) is 0 Å². The van der Waals surface area contributed by atoms with Crippen LogP contribution in [0.15, 0.2) is 12.1 Å². The van der Waals surface area contributed by atoms with Gasteiger partial charge in [-0.3, -0.25) is 4.57 Å². The van der Waals surface area contributed by atoms with Gasteiger partial charge in [0.2, 0.25) is 0 Å². The standard InChI is InChI=1S/C27H36N4/c1-6-13-30(16-21-11-12-21)26-24-22-9-7-8-10-23(22)31(27(24)29-20(5)28-26)25-18(3)14-17(2)15-19(25)4/h14-15,21H,6-13,16H2,1-5H3. The van der Waals surface area contributed by atoms with Crippen LogP contribution >= 0.6 is 0 Å². The molecule has 2 heterocycles. The summed E-state index contributed by atoms with van der Waals surface area (Å²) in [6.07, 6.45) is 8.69. The minimum atomic E-state index is 0.844. The Labute approximate surface area is 186 Å². The van der Waals surface area contributed by atoms with Gasteiger partial charge in [-0.05, 0) is 95.2 Å². The molecule has 0 bridgehead atoms. The highest BCUT2D eigenvalue weighted by Gasteiger charge is 2.30. The van der Waals surface area contributed by atoms with Crippen molar-refractivity contribution >= 4 is 16.9 Å². The largest absolute Gasteiger partial charge is 0.356 e. The van der Waals surface area contributed by atoms with Crippen LogP contribution in [-0.2, 0) is 12.8 Å². The smallest absolute Gasteiger partial charge is 0.150 e. The molecule has 1 fully saturated rings. The predicted octanol–water partition coefficient (Wildman–Crippen LogP) is 6.16. The highest BCUT2D eigenvalue weighted by Crippen LogP contribution is 2.41. The average Bonchev–Trinajstić information content (AvgIpc) is 3.48. The zero-order valence-corrected chi connectivity index (χ0v) is 19.9. The molecule has 0 radical (unpaired) electrons. The summed E-state index contributed by atoms with van der Waals surface area (Å²) in [5.74, 6) is 2.92. The molecule has 0 unspecified atom stereocenters. The Morgan fingerprint density at radius 3 is 2.39 bits per heavy atom. The van der Waals surface area contributed by atoms with Gasteiger partial charge in [0.1, 0.15) is 11.6 Å². The topological polar surface area (TPSA) is 34.0 Å². The number of aromatic nitrogens is 3. The van der Waals surface area contributed by atoms with E-state index in [1.807, 2.05) is 0 Å². The molecule has 4 nitrogen and oxygen atoms in total. The molecular formula is C27H36N4. The van der Waals surface area contributed by atoms with Gasteiger partial charge < -0.3 is 4.90 Å². The second-order valence-corrected chi connectivity index (χ2v) is 9.90. The van der Waals surface area contributed by atoms with E-state index in [1.165, 1.54) is 70.5 Å². The molecule has 0 aliphatic heterocycles. The Morgan fingerprint density at radius 2 is 1.71 bits per heavy atom. The van der Waals surface area contributed by atoms with E-state index in [9.17, 15) is 0 Å². The Morgan fingerprint density at radius 1 is 1.00 bits per heavy atom. The summed E-state index contributed by atoms with van der Waals surface area (Å²) < 4.78 is 2.51. The van der Waals surface area contributed by atoms with Crippen molar-refractivity contribution in [2.24, 2.45) is 5.92 Å². The van der Waals surface area contributed by atoms with E-state index in [2.05, 4.69) is 56.2 Å². The summed E-state index contributed by atoms with van der Waals surface area (Å²) in [6.45, 7) is 13.3. The molecule has 3 aromatic rings. The molecule has 1 aromatic carbocycles. The number of fused-ring (bicyclic) bond motifs is 3. The molecule has 0 saturated heterocycles. The number of aryl methyl sites for hydroxylation is 5. The summed E-state index contributed by atoms with van der Waals surface area (Å²) in [4.78, 5) is 12.7. The third-order valence-corrected chi connectivity index (χ3v) is 7.03. The molecule has 0 spiro atoms. The summed E-state index contributed by atoms with van der Waals surface area (Å²) in [6, 6.07) is 4.63. The van der Waals surface area contributed by atoms with Gasteiger partial charge in [0, 0.05) is 18.8 Å². The van der Waals surface area contributed by atoms with Crippen molar-refractivity contribution in [2.75, 3.05) is 18.0 Å². The molecule has 164 valence electrons. The summed E-state index contributed by atoms with van der Waals surface area (Å²) in [7, 11) is 0. The number of benzene rings is 1. The van der Waals surface area contributed by atoms with E-state index >= 15 is 0 Å². The fraction of sp³-hybridized carbons (Fsp3) is 0.556. The molecule has 4 heteroatoms. The van der Waals surface area contributed by atoms with Gasteiger partial charge in [-0.1, -0.05) is 24.6 Å². The number of nitrogens with zero attached hydrogens (tertiary/aromatic N) is 4. The van der Waals surface area contributed by atoms with E-state index in [1.54, 1.807) is 0 Å². The molecule has 0 atom stereocenters. The quantitative estimate of drug-likeness (QED) is 0.482. The first kappa shape index (κ1) is 20.5. The molecular weight excluding hydrogens is 380 g/mol. The van der Waals surface area contributed by atoms with E-state index in [0.29, 0.717) is 0 Å². The second-order valence-electron chi connectivity index (χ2n) is 9.90. The van der Waals surface area contributed by atoms with Crippen molar-refractivity contribution in [2.45, 2.75) is 79.6 Å². The monoisotopic (exact) mass is 416 g/mol. The van der Waals surface area contributed by atoms with Crippen molar-refractivity contribution in [1.82, 2.24) is 14.5 Å². The van der Waals surface area contributed by atoms with E-state index in [0.717, 1.165) is 49.7 Å². The number of rotatable bonds is 6. The van der Waals surface area contributed by atoms with Crippen LogP contribution in [0.5, 0.6) is 0 Å². The summed E-state index contributed by atoms with van der Waals surface area (Å²) >= 11 is 0. The summed E-state index contributed by atoms with van der Waals surface area (Å²) in [5.41, 5.74) is 9.43. The maximum Gasteiger partial charge on any atom is 0.150 e. The maximum absolute atomic E-state index is 5.08. The Hall–Kier alpha value is -2.36. The third kappa shape index (κ3) is 3.64. The Kier molecular flexibility index (Phi) is 5.27. The first-order chi connectivity index (χ1) is 15.0. The molecule has 0 N–H and O–H groups in total. The Balaban J connectivity index is 1.81. The van der Waals surface area contributed by atoms with Crippen molar-refractivity contribution < 1.29 is 0 Å². The normalized spacial score (nSPS) is 16.0. The maximum atomic E-state index is 5.08. The van der Waals surface area contributed by atoms with Crippen LogP contribution in [0.3, 0.4) is 0 Å². The molecule has 31 heavy (non-hydrogen) atoms. The van der Waals surface area contributed by atoms with Gasteiger partial charge in [-0.15, -0.1) is 0 Å². The fourth-order valence-corrected chi connectivity index (χ4v) is 5.67. The van der Waals surface area contributed by atoms with Gasteiger partial charge in [-0.2, -0.15) is 0 Å². The van der Waals surface area contributed by atoms with Gasteiger partial charge in [0.25, 0.3) is 0 Å². The van der Waals surface area contributed by atoms with E-state index in [4.69, 9.17) is 9.97 Å². The van der Waals surface area contributed by atoms with Crippen LogP contribution in [-0.4, -0.2) is 27.6 Å². The van der Waals surface area contributed by atoms with Gasteiger partial charge in [0.15, 0.2) is 5.65 Å². The Bertz CT molecular complexity index is 1110. The zero-order valence-electron chi connectivity index (χ0n) is 19.9.